The fourth-order valence-corrected chi connectivity index (χ4v) is 1.13. The molecule has 0 aromatic rings. The van der Waals surface area contributed by atoms with Gasteiger partial charge in [0.1, 0.15) is 0 Å². The largest absolute Gasteiger partial charge is 0.412 e. The Kier molecular flexibility index (Phi) is 4.01. The van der Waals surface area contributed by atoms with E-state index in [4.69, 9.17) is 4.55 Å². The lowest BCUT2D eigenvalue weighted by Crippen LogP contribution is -2.39. The summed E-state index contributed by atoms with van der Waals surface area (Å²) in [6.07, 6.45) is -0.662. The zero-order valence-corrected chi connectivity index (χ0v) is 8.97. The van der Waals surface area contributed by atoms with Crippen LogP contribution in [0, 0.1) is 5.92 Å². The molecule has 0 heterocycles. The van der Waals surface area contributed by atoms with E-state index in [1.54, 1.807) is 0 Å². The molecule has 0 aliphatic rings. The summed E-state index contributed by atoms with van der Waals surface area (Å²) in [7, 11) is -5.05. The van der Waals surface area contributed by atoms with Crippen molar-refractivity contribution in [1.29, 1.82) is 0 Å². The normalized spacial score (nSPS) is 16.4. The Morgan fingerprint density at radius 3 is 2.21 bits per heavy atom. The molecule has 0 bridgehead atoms. The molecule has 0 rings (SSSR count). The summed E-state index contributed by atoms with van der Waals surface area (Å²) in [6, 6.07) is 0. The third-order valence-corrected chi connectivity index (χ3v) is 2.67. The van der Waals surface area contributed by atoms with Crippen LogP contribution >= 0.6 is 0 Å². The predicted octanol–water partition coefficient (Wildman–Crippen LogP) is 1.11. The maximum Gasteiger partial charge on any atom is 0.376 e. The molecule has 1 N–H and O–H groups in total. The summed E-state index contributed by atoms with van der Waals surface area (Å²) >= 11 is 0. The van der Waals surface area contributed by atoms with Gasteiger partial charge in [-0.3, -0.25) is 9.35 Å². The number of halogens is 1. The molecular weight excluding hydrogens is 215 g/mol. The van der Waals surface area contributed by atoms with Crippen molar-refractivity contribution in [3.05, 3.63) is 0 Å². The minimum absolute atomic E-state index is 0.662. The first-order valence-electron chi connectivity index (χ1n) is 4.03. The van der Waals surface area contributed by atoms with Crippen molar-refractivity contribution in [1.82, 2.24) is 0 Å². The van der Waals surface area contributed by atoms with Crippen LogP contribution in [0.15, 0.2) is 0 Å². The SMILES string of the molecule is CCC(F)(OC(=O)C(C)C)S(=O)(=O)O. The van der Waals surface area contributed by atoms with Crippen molar-refractivity contribution in [2.24, 2.45) is 5.92 Å². The Labute approximate surface area is 82.0 Å². The monoisotopic (exact) mass is 228 g/mol. The fraction of sp³-hybridized carbons (Fsp3) is 0.857. The maximum atomic E-state index is 13.4. The van der Waals surface area contributed by atoms with Gasteiger partial charge >= 0.3 is 21.3 Å². The van der Waals surface area contributed by atoms with E-state index >= 15 is 0 Å². The molecule has 1 atom stereocenters. The topological polar surface area (TPSA) is 80.7 Å². The van der Waals surface area contributed by atoms with Gasteiger partial charge < -0.3 is 4.74 Å². The van der Waals surface area contributed by atoms with Crippen molar-refractivity contribution >= 4 is 16.1 Å². The van der Waals surface area contributed by atoms with Gasteiger partial charge in [0.05, 0.1) is 5.92 Å². The molecule has 0 spiro atoms. The van der Waals surface area contributed by atoms with Gasteiger partial charge in [-0.2, -0.15) is 12.8 Å². The Morgan fingerprint density at radius 1 is 1.57 bits per heavy atom. The highest BCUT2D eigenvalue weighted by molar-refractivity contribution is 7.86. The molecule has 7 heteroatoms. The van der Waals surface area contributed by atoms with Crippen LogP contribution in [-0.4, -0.2) is 24.1 Å². The second-order valence-electron chi connectivity index (χ2n) is 3.06. The van der Waals surface area contributed by atoms with Crippen LogP contribution in [0.4, 0.5) is 4.39 Å². The minimum Gasteiger partial charge on any atom is -0.412 e. The lowest BCUT2D eigenvalue weighted by atomic mass is 10.2. The van der Waals surface area contributed by atoms with E-state index in [9.17, 15) is 17.6 Å². The molecule has 1 unspecified atom stereocenters. The van der Waals surface area contributed by atoms with Crippen LogP contribution in [0.1, 0.15) is 27.2 Å². The van der Waals surface area contributed by atoms with Crippen molar-refractivity contribution in [2.45, 2.75) is 32.4 Å². The summed E-state index contributed by atoms with van der Waals surface area (Å²) in [5.74, 6) is -1.69. The van der Waals surface area contributed by atoms with Gasteiger partial charge in [0.15, 0.2) is 0 Å². The number of carbonyl (C=O) groups is 1. The van der Waals surface area contributed by atoms with Gasteiger partial charge in [-0.15, -0.1) is 0 Å². The zero-order valence-electron chi connectivity index (χ0n) is 8.15. The average Bonchev–Trinajstić information content (AvgIpc) is 2.01. The van der Waals surface area contributed by atoms with Gasteiger partial charge in [-0.1, -0.05) is 20.8 Å². The molecule has 0 saturated heterocycles. The third-order valence-electron chi connectivity index (χ3n) is 1.53. The fourth-order valence-electron chi connectivity index (χ4n) is 0.575. The number of esters is 1. The number of hydrogen-bond donors (Lipinski definition) is 1. The molecule has 0 radical (unpaired) electrons. The van der Waals surface area contributed by atoms with E-state index in [-0.39, 0.29) is 0 Å². The van der Waals surface area contributed by atoms with Crippen LogP contribution in [0.5, 0.6) is 0 Å². The van der Waals surface area contributed by atoms with Crippen LogP contribution in [-0.2, 0) is 19.6 Å². The van der Waals surface area contributed by atoms with E-state index in [0.717, 1.165) is 6.92 Å². The van der Waals surface area contributed by atoms with Gasteiger partial charge in [0.2, 0.25) is 0 Å². The molecule has 5 nitrogen and oxygen atoms in total. The molecule has 14 heavy (non-hydrogen) atoms. The zero-order chi connectivity index (χ0) is 11.6. The summed E-state index contributed by atoms with van der Waals surface area (Å²) in [5, 5.41) is -3.34. The Balaban J connectivity index is 4.84. The molecule has 0 amide bonds. The van der Waals surface area contributed by atoms with Crippen molar-refractivity contribution < 1.29 is 26.9 Å². The number of carbonyl (C=O) groups excluding carboxylic acids is 1. The summed E-state index contributed by atoms with van der Waals surface area (Å²) in [6.45, 7) is 3.98. The van der Waals surface area contributed by atoms with Crippen LogP contribution in [0.25, 0.3) is 0 Å². The van der Waals surface area contributed by atoms with Crippen molar-refractivity contribution in [3.63, 3.8) is 0 Å². The molecule has 0 aromatic heterocycles. The summed E-state index contributed by atoms with van der Waals surface area (Å²) < 4.78 is 47.0. The molecule has 0 aliphatic heterocycles. The quantitative estimate of drug-likeness (QED) is 0.575. The first-order valence-corrected chi connectivity index (χ1v) is 5.47. The average molecular weight is 228 g/mol. The third kappa shape index (κ3) is 2.91. The van der Waals surface area contributed by atoms with Crippen LogP contribution in [0.2, 0.25) is 0 Å². The molecule has 0 aromatic carbocycles. The standard InChI is InChI=1S/C7H13FO5S/c1-4-7(8,14(10,11)12)13-6(9)5(2)3/h5H,4H2,1-3H3,(H,10,11,12). The molecule has 0 aliphatic carbocycles. The summed E-state index contributed by atoms with van der Waals surface area (Å²) in [5.41, 5.74) is 0. The van der Waals surface area contributed by atoms with E-state index in [1.807, 2.05) is 0 Å². The Bertz CT molecular complexity index is 310. The Morgan fingerprint density at radius 2 is 2.00 bits per heavy atom. The highest BCUT2D eigenvalue weighted by Gasteiger charge is 2.46. The number of alkyl halides is 1. The smallest absolute Gasteiger partial charge is 0.376 e. The highest BCUT2D eigenvalue weighted by atomic mass is 32.2. The first-order chi connectivity index (χ1) is 6.14. The molecule has 84 valence electrons. The lowest BCUT2D eigenvalue weighted by molar-refractivity contribution is -0.169. The van der Waals surface area contributed by atoms with Crippen molar-refractivity contribution in [3.8, 4) is 0 Å². The van der Waals surface area contributed by atoms with E-state index < -0.39 is 33.6 Å². The molecular formula is C7H13FO5S. The number of rotatable bonds is 4. The second-order valence-corrected chi connectivity index (χ2v) is 4.62. The second kappa shape index (κ2) is 4.22. The maximum absolute atomic E-state index is 13.4. The lowest BCUT2D eigenvalue weighted by Gasteiger charge is -2.21. The number of hydrogen-bond acceptors (Lipinski definition) is 4. The number of ether oxygens (including phenoxy) is 1. The summed E-state index contributed by atoms with van der Waals surface area (Å²) in [4.78, 5) is 10.9. The molecule has 0 saturated carbocycles. The van der Waals surface area contributed by atoms with Gasteiger partial charge in [-0.05, 0) is 0 Å². The van der Waals surface area contributed by atoms with E-state index in [0.29, 0.717) is 0 Å². The van der Waals surface area contributed by atoms with Crippen molar-refractivity contribution in [2.75, 3.05) is 0 Å². The van der Waals surface area contributed by atoms with Crippen LogP contribution in [0.3, 0.4) is 0 Å². The van der Waals surface area contributed by atoms with Gasteiger partial charge in [-0.25, -0.2) is 0 Å². The van der Waals surface area contributed by atoms with Gasteiger partial charge in [0, 0.05) is 6.42 Å². The minimum atomic E-state index is -5.05. The molecule has 0 fully saturated rings. The van der Waals surface area contributed by atoms with Crippen LogP contribution < -0.4 is 0 Å². The Hall–Kier alpha value is -0.690. The van der Waals surface area contributed by atoms with E-state index in [1.165, 1.54) is 13.8 Å². The van der Waals surface area contributed by atoms with E-state index in [2.05, 4.69) is 4.74 Å². The highest BCUT2D eigenvalue weighted by Crippen LogP contribution is 2.25. The first kappa shape index (κ1) is 13.3. The predicted molar refractivity (Wildman–Crippen MR) is 46.6 cm³/mol. The van der Waals surface area contributed by atoms with Gasteiger partial charge in [0.25, 0.3) is 0 Å².